The topological polar surface area (TPSA) is 12.4 Å². The Kier molecular flexibility index (Phi) is 5.05. The van der Waals surface area contributed by atoms with Gasteiger partial charge in [0.05, 0.1) is 5.69 Å². The van der Waals surface area contributed by atoms with Crippen molar-refractivity contribution in [1.29, 1.82) is 0 Å². The van der Waals surface area contributed by atoms with Gasteiger partial charge < -0.3 is 0 Å². The zero-order valence-corrected chi connectivity index (χ0v) is 15.8. The molecule has 0 unspecified atom stereocenters. The predicted molar refractivity (Wildman–Crippen MR) is 92.7 cm³/mol. The molecule has 0 bridgehead atoms. The van der Waals surface area contributed by atoms with E-state index < -0.39 is 8.68 Å². The van der Waals surface area contributed by atoms with E-state index in [0.29, 0.717) is 0 Å². The van der Waals surface area contributed by atoms with Crippen molar-refractivity contribution in [3.63, 3.8) is 0 Å². The second-order valence-electron chi connectivity index (χ2n) is 8.85. The van der Waals surface area contributed by atoms with Gasteiger partial charge in [-0.3, -0.25) is 0 Å². The molecule has 1 aromatic carbocycles. The van der Waals surface area contributed by atoms with Crippen LogP contribution >= 0.6 is 8.68 Å². The summed E-state index contributed by atoms with van der Waals surface area (Å²) < 4.78 is 17.1. The van der Waals surface area contributed by atoms with E-state index in [4.69, 9.17) is 0 Å². The highest BCUT2D eigenvalue weighted by atomic mass is 31.1. The third kappa shape index (κ3) is 4.36. The normalized spacial score (nSPS) is 14.0. The maximum atomic E-state index is 13.0. The first-order valence-corrected chi connectivity index (χ1v) is 8.24. The van der Waals surface area contributed by atoms with E-state index >= 15 is 0 Å². The van der Waals surface area contributed by atoms with Crippen LogP contribution in [-0.4, -0.2) is 0 Å². The van der Waals surface area contributed by atoms with Gasteiger partial charge in [0.25, 0.3) is 0 Å². The minimum atomic E-state index is -0.426. The third-order valence-electron chi connectivity index (χ3n) is 3.73. The van der Waals surface area contributed by atoms with Gasteiger partial charge in [-0.2, -0.15) is 8.94 Å². The lowest BCUT2D eigenvalue weighted by Gasteiger charge is -2.31. The van der Waals surface area contributed by atoms with E-state index in [1.165, 1.54) is 5.56 Å². The second-order valence-corrected chi connectivity index (χ2v) is 9.20. The molecule has 3 heteroatoms. The summed E-state index contributed by atoms with van der Waals surface area (Å²) in [6.45, 7) is 19.6. The Hall–Kier alpha value is -0.750. The summed E-state index contributed by atoms with van der Waals surface area (Å²) in [6, 6.07) is 4.42. The highest BCUT2D eigenvalue weighted by Crippen LogP contribution is 2.43. The Morgan fingerprint density at radius 1 is 0.762 bits per heavy atom. The van der Waals surface area contributed by atoms with Crippen molar-refractivity contribution in [3.05, 3.63) is 28.8 Å². The zero-order chi connectivity index (χ0) is 16.6. The molecule has 0 amide bonds. The lowest BCUT2D eigenvalue weighted by Crippen LogP contribution is -2.21. The molecule has 0 aliphatic heterocycles. The van der Waals surface area contributed by atoms with Crippen molar-refractivity contribution < 1.29 is 4.20 Å². The van der Waals surface area contributed by atoms with Crippen LogP contribution in [0.25, 0.3) is 0 Å². The van der Waals surface area contributed by atoms with Crippen LogP contribution in [0.4, 0.5) is 9.88 Å². The molecule has 0 aromatic heterocycles. The smallest absolute Gasteiger partial charge is 0.199 e. The lowest BCUT2D eigenvalue weighted by molar-refractivity contribution is 0.550. The fourth-order valence-electron chi connectivity index (χ4n) is 2.36. The van der Waals surface area contributed by atoms with Gasteiger partial charge in [-0.05, 0) is 32.9 Å². The monoisotopic (exact) mass is 309 g/mol. The Morgan fingerprint density at radius 3 is 1.38 bits per heavy atom. The van der Waals surface area contributed by atoms with E-state index in [1.54, 1.807) is 0 Å². The van der Waals surface area contributed by atoms with Gasteiger partial charge >= 0.3 is 0 Å². The molecule has 0 N–H and O–H groups in total. The van der Waals surface area contributed by atoms with Crippen LogP contribution < -0.4 is 0 Å². The SMILES string of the molecule is CC(C)(C)c1cc(C(C)(C)C)c(N=PF)c(C(C)(C)C)c1. The van der Waals surface area contributed by atoms with Crippen molar-refractivity contribution in [2.24, 2.45) is 4.74 Å². The summed E-state index contributed by atoms with van der Waals surface area (Å²) in [5.41, 5.74) is 4.30. The standard InChI is InChI=1S/C18H29FNP/c1-16(2,3)12-10-13(17(4,5)6)15(20-21-19)14(11-12)18(7,8)9/h10-11H,1-9H3. The van der Waals surface area contributed by atoms with Gasteiger partial charge in [0, 0.05) is 0 Å². The molecular formula is C18H29FNP. The maximum absolute atomic E-state index is 13.0. The van der Waals surface area contributed by atoms with Gasteiger partial charge in [-0.1, -0.05) is 74.4 Å². The first-order valence-electron chi connectivity index (χ1n) is 7.50. The number of rotatable bonds is 1. The summed E-state index contributed by atoms with van der Waals surface area (Å²) in [5.74, 6) is 0. The zero-order valence-electron chi connectivity index (χ0n) is 14.9. The minimum Gasteiger partial charge on any atom is -0.199 e. The molecular weight excluding hydrogens is 280 g/mol. The van der Waals surface area contributed by atoms with Crippen LogP contribution in [0, 0.1) is 0 Å². The van der Waals surface area contributed by atoms with Crippen LogP contribution in [-0.2, 0) is 16.2 Å². The second kappa shape index (κ2) is 5.80. The minimum absolute atomic E-state index is 0.0615. The molecule has 0 saturated heterocycles. The fraction of sp³-hybridized carbons (Fsp3) is 0.667. The molecule has 0 spiro atoms. The van der Waals surface area contributed by atoms with E-state index in [9.17, 15) is 4.20 Å². The Balaban J connectivity index is 3.84. The van der Waals surface area contributed by atoms with Gasteiger partial charge in [-0.15, -0.1) is 0 Å². The van der Waals surface area contributed by atoms with Gasteiger partial charge in [0.15, 0.2) is 0 Å². The van der Waals surface area contributed by atoms with Gasteiger partial charge in [-0.25, -0.2) is 0 Å². The molecule has 0 aliphatic carbocycles. The summed E-state index contributed by atoms with van der Waals surface area (Å²) in [4.78, 5) is 0. The predicted octanol–water partition coefficient (Wildman–Crippen LogP) is 7.22. The molecule has 0 atom stereocenters. The highest BCUT2D eigenvalue weighted by molar-refractivity contribution is 7.20. The average Bonchev–Trinajstić information content (AvgIpc) is 2.24. The van der Waals surface area contributed by atoms with Crippen molar-refractivity contribution >= 4 is 14.4 Å². The van der Waals surface area contributed by atoms with Crippen LogP contribution in [0.1, 0.15) is 79.0 Å². The number of nitrogens with zero attached hydrogens (tertiary/aromatic N) is 1. The Bertz CT molecular complexity index is 505. The third-order valence-corrected chi connectivity index (χ3v) is 4.01. The molecule has 0 aliphatic rings. The quantitative estimate of drug-likeness (QED) is 0.485. The van der Waals surface area contributed by atoms with Crippen LogP contribution in [0.15, 0.2) is 16.9 Å². The first kappa shape index (κ1) is 18.3. The Labute approximate surface area is 131 Å². The molecule has 21 heavy (non-hydrogen) atoms. The van der Waals surface area contributed by atoms with Crippen molar-refractivity contribution in [2.75, 3.05) is 0 Å². The van der Waals surface area contributed by atoms with Crippen LogP contribution in [0.5, 0.6) is 0 Å². The molecule has 1 rings (SSSR count). The highest BCUT2D eigenvalue weighted by Gasteiger charge is 2.28. The Morgan fingerprint density at radius 2 is 1.14 bits per heavy atom. The van der Waals surface area contributed by atoms with Gasteiger partial charge in [0.2, 0.25) is 8.68 Å². The summed E-state index contributed by atoms with van der Waals surface area (Å²) in [6.07, 6.45) is 0. The molecule has 0 heterocycles. The van der Waals surface area contributed by atoms with E-state index in [0.717, 1.165) is 16.8 Å². The largest absolute Gasteiger partial charge is 0.230 e. The summed E-state index contributed by atoms with van der Waals surface area (Å²) >= 11 is 0. The van der Waals surface area contributed by atoms with Crippen molar-refractivity contribution in [1.82, 2.24) is 0 Å². The molecule has 118 valence electrons. The maximum Gasteiger partial charge on any atom is 0.230 e. The molecule has 1 nitrogen and oxygen atoms in total. The van der Waals surface area contributed by atoms with Crippen LogP contribution in [0.2, 0.25) is 0 Å². The summed E-state index contributed by atoms with van der Waals surface area (Å²) in [5, 5.41) is 0. The van der Waals surface area contributed by atoms with Crippen molar-refractivity contribution in [2.45, 2.75) is 78.6 Å². The molecule has 0 fully saturated rings. The number of halogens is 1. The number of benzene rings is 1. The first-order chi connectivity index (χ1) is 9.28. The van der Waals surface area contributed by atoms with Crippen LogP contribution in [0.3, 0.4) is 0 Å². The van der Waals surface area contributed by atoms with Gasteiger partial charge in [0.1, 0.15) is 0 Å². The van der Waals surface area contributed by atoms with E-state index in [1.807, 2.05) is 0 Å². The summed E-state index contributed by atoms with van der Waals surface area (Å²) in [7, 11) is -0.426. The number of hydrogen-bond acceptors (Lipinski definition) is 1. The average molecular weight is 309 g/mol. The van der Waals surface area contributed by atoms with Crippen molar-refractivity contribution in [3.8, 4) is 0 Å². The molecule has 1 aromatic rings. The number of hydrogen-bond donors (Lipinski definition) is 0. The lowest BCUT2D eigenvalue weighted by atomic mass is 9.74. The van der Waals surface area contributed by atoms with E-state index in [-0.39, 0.29) is 16.2 Å². The van der Waals surface area contributed by atoms with E-state index in [2.05, 4.69) is 79.2 Å². The molecule has 0 saturated carbocycles. The molecule has 0 radical (unpaired) electrons. The fourth-order valence-corrected chi connectivity index (χ4v) is 2.65.